The van der Waals surface area contributed by atoms with Crippen LogP contribution in [0.3, 0.4) is 0 Å². The van der Waals surface area contributed by atoms with Gasteiger partial charge in [-0.25, -0.2) is 0 Å². The number of pyridine rings is 1. The molecule has 0 amide bonds. The number of hydrogen-bond acceptors (Lipinski definition) is 5. The SMILES string of the molecule is OS1(O)CC(Sc2ccccc2OCc2cccnc2)c2ccccc21. The molecule has 26 heavy (non-hydrogen) atoms. The largest absolute Gasteiger partial charge is 0.488 e. The zero-order valence-corrected chi connectivity index (χ0v) is 15.6. The molecule has 4 nitrogen and oxygen atoms in total. The number of aromatic nitrogens is 1. The molecule has 2 aromatic carbocycles. The summed E-state index contributed by atoms with van der Waals surface area (Å²) in [6.45, 7) is 0.446. The minimum Gasteiger partial charge on any atom is -0.488 e. The van der Waals surface area contributed by atoms with Gasteiger partial charge in [0.15, 0.2) is 0 Å². The van der Waals surface area contributed by atoms with E-state index in [0.717, 1.165) is 21.8 Å². The number of hydrogen-bond donors (Lipinski definition) is 2. The maximum Gasteiger partial charge on any atom is 0.133 e. The topological polar surface area (TPSA) is 62.6 Å². The first kappa shape index (κ1) is 17.4. The van der Waals surface area contributed by atoms with Crippen molar-refractivity contribution in [2.24, 2.45) is 0 Å². The van der Waals surface area contributed by atoms with Gasteiger partial charge in [-0.1, -0.05) is 36.4 Å². The van der Waals surface area contributed by atoms with E-state index in [2.05, 4.69) is 4.98 Å². The highest BCUT2D eigenvalue weighted by molar-refractivity contribution is 8.25. The van der Waals surface area contributed by atoms with E-state index in [1.165, 1.54) is 0 Å². The number of nitrogens with zero attached hydrogens (tertiary/aromatic N) is 1. The Kier molecular flexibility index (Phi) is 4.91. The molecule has 0 saturated carbocycles. The van der Waals surface area contributed by atoms with E-state index in [0.29, 0.717) is 17.3 Å². The van der Waals surface area contributed by atoms with E-state index in [-0.39, 0.29) is 5.25 Å². The van der Waals surface area contributed by atoms with Crippen molar-refractivity contribution >= 4 is 22.4 Å². The molecule has 0 saturated heterocycles. The molecule has 0 bridgehead atoms. The van der Waals surface area contributed by atoms with E-state index in [1.54, 1.807) is 24.2 Å². The average molecular weight is 386 g/mol. The van der Waals surface area contributed by atoms with E-state index < -0.39 is 10.6 Å². The van der Waals surface area contributed by atoms with Gasteiger partial charge in [0, 0.05) is 18.0 Å². The average Bonchev–Trinajstić information content (AvgIpc) is 2.92. The summed E-state index contributed by atoms with van der Waals surface area (Å²) in [7, 11) is -2.71. The van der Waals surface area contributed by atoms with E-state index in [1.807, 2.05) is 60.7 Å². The molecule has 0 radical (unpaired) electrons. The fourth-order valence-electron chi connectivity index (χ4n) is 3.00. The van der Waals surface area contributed by atoms with Crippen LogP contribution in [0.4, 0.5) is 0 Å². The summed E-state index contributed by atoms with van der Waals surface area (Å²) in [5.74, 6) is 1.13. The molecule has 0 aliphatic carbocycles. The Labute approximate surface area is 158 Å². The quantitative estimate of drug-likeness (QED) is 0.597. The van der Waals surface area contributed by atoms with Crippen molar-refractivity contribution in [2.45, 2.75) is 21.6 Å². The molecule has 3 aromatic rings. The predicted octanol–water partition coefficient (Wildman–Crippen LogP) is 5.62. The second kappa shape index (κ2) is 7.32. The lowest BCUT2D eigenvalue weighted by molar-refractivity contribution is 0.298. The van der Waals surface area contributed by atoms with Gasteiger partial charge in [0.05, 0.1) is 20.8 Å². The van der Waals surface area contributed by atoms with Gasteiger partial charge in [-0.15, -0.1) is 11.8 Å². The maximum atomic E-state index is 10.4. The normalized spacial score (nSPS) is 18.9. The Morgan fingerprint density at radius 1 is 1.04 bits per heavy atom. The minimum absolute atomic E-state index is 0.000609. The second-order valence-electron chi connectivity index (χ2n) is 6.07. The molecule has 0 fully saturated rings. The monoisotopic (exact) mass is 385 g/mol. The van der Waals surface area contributed by atoms with Gasteiger partial charge in [-0.3, -0.25) is 14.1 Å². The summed E-state index contributed by atoms with van der Waals surface area (Å²) in [5, 5.41) is -0.000609. The van der Waals surface area contributed by atoms with Crippen molar-refractivity contribution < 1.29 is 13.8 Å². The van der Waals surface area contributed by atoms with Crippen molar-refractivity contribution in [1.82, 2.24) is 4.98 Å². The van der Waals surface area contributed by atoms with Crippen LogP contribution < -0.4 is 4.74 Å². The third-order valence-electron chi connectivity index (χ3n) is 4.24. The summed E-state index contributed by atoms with van der Waals surface area (Å²) in [6.07, 6.45) is 3.53. The Hall–Kier alpha value is -1.99. The van der Waals surface area contributed by atoms with Crippen molar-refractivity contribution in [2.75, 3.05) is 5.75 Å². The van der Waals surface area contributed by atoms with E-state index >= 15 is 0 Å². The predicted molar refractivity (Wildman–Crippen MR) is 106 cm³/mol. The van der Waals surface area contributed by atoms with E-state index in [9.17, 15) is 9.11 Å². The second-order valence-corrected chi connectivity index (χ2v) is 9.43. The molecule has 1 aromatic heterocycles. The van der Waals surface area contributed by atoms with Crippen LogP contribution >= 0.6 is 22.4 Å². The van der Waals surface area contributed by atoms with Gasteiger partial charge >= 0.3 is 0 Å². The zero-order chi connectivity index (χ0) is 18.0. The van der Waals surface area contributed by atoms with Crippen molar-refractivity contribution in [3.63, 3.8) is 0 Å². The molecule has 1 unspecified atom stereocenters. The summed E-state index contributed by atoms with van der Waals surface area (Å²) in [6, 6.07) is 19.3. The molecule has 1 aliphatic heterocycles. The first-order valence-electron chi connectivity index (χ1n) is 8.26. The number of fused-ring (bicyclic) bond motifs is 1. The third-order valence-corrected chi connectivity index (χ3v) is 7.62. The van der Waals surface area contributed by atoms with Gasteiger partial charge in [0.2, 0.25) is 0 Å². The Morgan fingerprint density at radius 3 is 2.69 bits per heavy atom. The summed E-state index contributed by atoms with van der Waals surface area (Å²) >= 11 is 1.62. The Morgan fingerprint density at radius 2 is 1.85 bits per heavy atom. The first-order valence-corrected chi connectivity index (χ1v) is 10.9. The molecule has 1 aliphatic rings. The number of ether oxygens (including phenoxy) is 1. The molecule has 2 heterocycles. The molecular formula is C20H19NO3S2. The number of para-hydroxylation sites is 1. The lowest BCUT2D eigenvalue weighted by Crippen LogP contribution is -2.00. The Bertz CT molecular complexity index is 902. The standard InChI is InChI=1S/C20H19NO3S2/c22-26(23)14-19(16-7-1-4-10-20(16)26)25-18-9-3-2-8-17(18)24-13-15-6-5-11-21-12-15/h1-12,19,22-23H,13-14H2. The van der Waals surface area contributed by atoms with Crippen molar-refractivity contribution in [1.29, 1.82) is 0 Å². The fourth-order valence-corrected chi connectivity index (χ4v) is 6.62. The summed E-state index contributed by atoms with van der Waals surface area (Å²) in [5.41, 5.74) is 2.01. The smallest absolute Gasteiger partial charge is 0.133 e. The molecule has 4 rings (SSSR count). The highest BCUT2D eigenvalue weighted by atomic mass is 32.3. The number of rotatable bonds is 5. The van der Waals surface area contributed by atoms with Crippen LogP contribution in [0.5, 0.6) is 5.75 Å². The molecule has 0 spiro atoms. The highest BCUT2D eigenvalue weighted by Gasteiger charge is 2.35. The maximum absolute atomic E-state index is 10.4. The van der Waals surface area contributed by atoms with Gasteiger partial charge in [-0.2, -0.15) is 10.6 Å². The van der Waals surface area contributed by atoms with Crippen molar-refractivity contribution in [3.8, 4) is 5.75 Å². The molecule has 6 heteroatoms. The summed E-state index contributed by atoms with van der Waals surface area (Å²) < 4.78 is 26.8. The Balaban J connectivity index is 1.54. The summed E-state index contributed by atoms with van der Waals surface area (Å²) in [4.78, 5) is 5.77. The van der Waals surface area contributed by atoms with Gasteiger partial charge in [0.25, 0.3) is 0 Å². The van der Waals surface area contributed by atoms with Crippen LogP contribution in [0.1, 0.15) is 16.4 Å². The van der Waals surface area contributed by atoms with Crippen LogP contribution in [0.2, 0.25) is 0 Å². The van der Waals surface area contributed by atoms with E-state index in [4.69, 9.17) is 4.74 Å². The number of thioether (sulfide) groups is 1. The molecule has 2 N–H and O–H groups in total. The lowest BCUT2D eigenvalue weighted by Gasteiger charge is -2.27. The molecule has 1 atom stereocenters. The van der Waals surface area contributed by atoms with Gasteiger partial charge in [0.1, 0.15) is 12.4 Å². The van der Waals surface area contributed by atoms with Gasteiger partial charge < -0.3 is 4.74 Å². The molecular weight excluding hydrogens is 366 g/mol. The van der Waals surface area contributed by atoms with Crippen LogP contribution in [-0.4, -0.2) is 19.8 Å². The number of benzene rings is 2. The molecule has 134 valence electrons. The van der Waals surface area contributed by atoms with Crippen LogP contribution in [0, 0.1) is 0 Å². The highest BCUT2D eigenvalue weighted by Crippen LogP contribution is 2.63. The van der Waals surface area contributed by atoms with Crippen LogP contribution in [-0.2, 0) is 6.61 Å². The lowest BCUT2D eigenvalue weighted by atomic mass is 10.2. The fraction of sp³-hybridized carbons (Fsp3) is 0.150. The van der Waals surface area contributed by atoms with Crippen LogP contribution in [0.15, 0.2) is 82.8 Å². The minimum atomic E-state index is -2.71. The third kappa shape index (κ3) is 3.59. The van der Waals surface area contributed by atoms with Crippen LogP contribution in [0.25, 0.3) is 0 Å². The first-order chi connectivity index (χ1) is 12.6. The van der Waals surface area contributed by atoms with Crippen molar-refractivity contribution in [3.05, 3.63) is 84.2 Å². The van der Waals surface area contributed by atoms with Gasteiger partial charge in [-0.05, 0) is 29.8 Å². The zero-order valence-electron chi connectivity index (χ0n) is 14.0.